The standard InChI is InChI=1S/C20H22FN7O2/c1-11-23-27-28(26-11)13-5-6-14(17(29)10-13)15-7-8-19(25-24-15)30-18-9-12-3-2-4-16(22-12)20(18)21/h5-8,10,12,16,18,20,22,29H,2-4,9H2,1H3/t12-,16+,18-,20-/m1/s1. The number of tetrazole rings is 1. The minimum absolute atomic E-state index is 0.0143. The van der Waals surface area contributed by atoms with Crippen LogP contribution in [0.5, 0.6) is 11.6 Å². The largest absolute Gasteiger partial charge is 0.507 e. The topological polar surface area (TPSA) is 111 Å². The molecule has 10 heteroatoms. The Morgan fingerprint density at radius 3 is 2.80 bits per heavy atom. The van der Waals surface area contributed by atoms with Gasteiger partial charge in [-0.2, -0.15) is 0 Å². The number of aryl methyl sites for hydroxylation is 1. The zero-order chi connectivity index (χ0) is 20.7. The van der Waals surface area contributed by atoms with E-state index in [0.29, 0.717) is 35.2 Å². The molecule has 2 aromatic heterocycles. The molecular weight excluding hydrogens is 389 g/mol. The van der Waals surface area contributed by atoms with Crippen molar-refractivity contribution >= 4 is 0 Å². The number of alkyl halides is 1. The van der Waals surface area contributed by atoms with Crippen LogP contribution < -0.4 is 10.1 Å². The number of nitrogens with one attached hydrogen (secondary N) is 1. The highest BCUT2D eigenvalue weighted by Gasteiger charge is 2.41. The zero-order valence-corrected chi connectivity index (χ0v) is 16.4. The van der Waals surface area contributed by atoms with Gasteiger partial charge in [0.15, 0.2) is 12.0 Å². The number of ether oxygens (including phenoxy) is 1. The molecule has 0 radical (unpaired) electrons. The average molecular weight is 411 g/mol. The second-order valence-corrected chi connectivity index (χ2v) is 7.82. The molecule has 0 aliphatic carbocycles. The third-order valence-corrected chi connectivity index (χ3v) is 5.69. The Hall–Kier alpha value is -3.14. The Morgan fingerprint density at radius 1 is 1.17 bits per heavy atom. The number of hydrogen-bond donors (Lipinski definition) is 2. The molecule has 2 N–H and O–H groups in total. The SMILES string of the molecule is Cc1nnn(-c2ccc(-c3ccc(O[C@@H]4C[C@H]5CCC[C@H](N5)[C@H]4F)nn3)c(O)c2)n1. The van der Waals surface area contributed by atoms with Crippen LogP contribution in [0.1, 0.15) is 31.5 Å². The monoisotopic (exact) mass is 411 g/mol. The predicted octanol–water partition coefficient (Wildman–Crippen LogP) is 2.13. The van der Waals surface area contributed by atoms with Crippen molar-refractivity contribution in [3.8, 4) is 28.6 Å². The molecule has 30 heavy (non-hydrogen) atoms. The number of hydrogen-bond acceptors (Lipinski definition) is 8. The van der Waals surface area contributed by atoms with Gasteiger partial charge in [-0.05, 0) is 43.2 Å². The molecule has 5 rings (SSSR count). The maximum Gasteiger partial charge on any atom is 0.233 e. The van der Waals surface area contributed by atoms with Gasteiger partial charge in [-0.3, -0.25) is 0 Å². The van der Waals surface area contributed by atoms with E-state index in [1.54, 1.807) is 31.2 Å². The zero-order valence-electron chi connectivity index (χ0n) is 16.4. The Balaban J connectivity index is 1.31. The fourth-order valence-electron chi connectivity index (χ4n) is 4.21. The van der Waals surface area contributed by atoms with Gasteiger partial charge in [0.25, 0.3) is 0 Å². The first-order valence-corrected chi connectivity index (χ1v) is 10.1. The van der Waals surface area contributed by atoms with Crippen LogP contribution in [0.3, 0.4) is 0 Å². The lowest BCUT2D eigenvalue weighted by molar-refractivity contribution is 0.00652. The smallest absolute Gasteiger partial charge is 0.233 e. The molecule has 3 aromatic rings. The maximum atomic E-state index is 14.7. The van der Waals surface area contributed by atoms with Gasteiger partial charge in [-0.15, -0.1) is 25.2 Å². The lowest BCUT2D eigenvalue weighted by Crippen LogP contribution is -2.59. The van der Waals surface area contributed by atoms with Crippen molar-refractivity contribution in [2.24, 2.45) is 0 Å². The van der Waals surface area contributed by atoms with E-state index in [0.717, 1.165) is 19.3 Å². The molecule has 0 unspecified atom stereocenters. The average Bonchev–Trinajstić information content (AvgIpc) is 3.19. The minimum Gasteiger partial charge on any atom is -0.507 e. The second-order valence-electron chi connectivity index (χ2n) is 7.82. The summed E-state index contributed by atoms with van der Waals surface area (Å²) in [4.78, 5) is 1.34. The number of halogens is 1. The molecule has 2 saturated heterocycles. The lowest BCUT2D eigenvalue weighted by Gasteiger charge is -2.42. The molecule has 1 aromatic carbocycles. The van der Waals surface area contributed by atoms with E-state index in [2.05, 4.69) is 30.9 Å². The Labute approximate surface area is 172 Å². The highest BCUT2D eigenvalue weighted by Crippen LogP contribution is 2.32. The molecule has 2 bridgehead atoms. The van der Waals surface area contributed by atoms with Crippen LogP contribution in [0.2, 0.25) is 0 Å². The number of nitrogens with zero attached hydrogens (tertiary/aromatic N) is 6. The van der Waals surface area contributed by atoms with Crippen LogP contribution in [-0.2, 0) is 0 Å². The number of aromatic hydroxyl groups is 1. The molecule has 0 amide bonds. The van der Waals surface area contributed by atoms with Gasteiger partial charge >= 0.3 is 0 Å². The summed E-state index contributed by atoms with van der Waals surface area (Å²) in [6, 6.07) is 8.50. The van der Waals surface area contributed by atoms with Crippen molar-refractivity contribution in [1.82, 2.24) is 35.7 Å². The Morgan fingerprint density at radius 2 is 2.07 bits per heavy atom. The van der Waals surface area contributed by atoms with Crippen molar-refractivity contribution in [2.75, 3.05) is 0 Å². The van der Waals surface area contributed by atoms with Gasteiger partial charge < -0.3 is 15.2 Å². The van der Waals surface area contributed by atoms with Crippen LogP contribution in [-0.4, -0.2) is 59.9 Å². The van der Waals surface area contributed by atoms with Crippen LogP contribution in [0.25, 0.3) is 16.9 Å². The molecule has 0 saturated carbocycles. The van der Waals surface area contributed by atoms with E-state index in [4.69, 9.17) is 4.74 Å². The number of fused-ring (bicyclic) bond motifs is 2. The Bertz CT molecular complexity index is 1040. The van der Waals surface area contributed by atoms with E-state index >= 15 is 0 Å². The summed E-state index contributed by atoms with van der Waals surface area (Å²) >= 11 is 0. The molecule has 2 aliphatic heterocycles. The van der Waals surface area contributed by atoms with Gasteiger partial charge in [0, 0.05) is 36.2 Å². The fourth-order valence-corrected chi connectivity index (χ4v) is 4.21. The van der Waals surface area contributed by atoms with E-state index in [1.165, 1.54) is 10.9 Å². The normalized spacial score (nSPS) is 25.8. The second kappa shape index (κ2) is 7.60. The summed E-state index contributed by atoms with van der Waals surface area (Å²) in [5.74, 6) is 0.832. The molecule has 156 valence electrons. The third-order valence-electron chi connectivity index (χ3n) is 5.69. The molecule has 4 heterocycles. The van der Waals surface area contributed by atoms with E-state index < -0.39 is 12.3 Å². The van der Waals surface area contributed by atoms with Crippen molar-refractivity contribution in [3.63, 3.8) is 0 Å². The quantitative estimate of drug-likeness (QED) is 0.672. The van der Waals surface area contributed by atoms with E-state index in [9.17, 15) is 9.50 Å². The van der Waals surface area contributed by atoms with Crippen LogP contribution >= 0.6 is 0 Å². The van der Waals surface area contributed by atoms with E-state index in [1.807, 2.05) is 0 Å². The summed E-state index contributed by atoms with van der Waals surface area (Å²) in [5.41, 5.74) is 1.57. The van der Waals surface area contributed by atoms with Gasteiger partial charge in [-0.25, -0.2) is 4.39 Å². The number of benzene rings is 1. The molecule has 0 spiro atoms. The summed E-state index contributed by atoms with van der Waals surface area (Å²) in [7, 11) is 0. The van der Waals surface area contributed by atoms with Gasteiger partial charge in [0.05, 0.1) is 11.4 Å². The Kier molecular flexibility index (Phi) is 4.78. The van der Waals surface area contributed by atoms with Gasteiger partial charge in [-0.1, -0.05) is 6.42 Å². The van der Waals surface area contributed by atoms with Gasteiger partial charge in [0.2, 0.25) is 5.88 Å². The number of phenols is 1. The highest BCUT2D eigenvalue weighted by molar-refractivity contribution is 5.68. The van der Waals surface area contributed by atoms with Crippen LogP contribution in [0, 0.1) is 6.92 Å². The molecular formula is C20H22FN7O2. The predicted molar refractivity (Wildman–Crippen MR) is 105 cm³/mol. The third kappa shape index (κ3) is 3.58. The number of piperidine rings is 2. The lowest BCUT2D eigenvalue weighted by atomic mass is 9.84. The first kappa shape index (κ1) is 18.9. The summed E-state index contributed by atoms with van der Waals surface area (Å²) in [6.45, 7) is 1.73. The van der Waals surface area contributed by atoms with Crippen LogP contribution in [0.15, 0.2) is 30.3 Å². The highest BCUT2D eigenvalue weighted by atomic mass is 19.1. The fraction of sp³-hybridized carbons (Fsp3) is 0.450. The molecule has 2 fully saturated rings. The molecule has 4 atom stereocenters. The summed E-state index contributed by atoms with van der Waals surface area (Å²) in [5, 5.41) is 33.9. The van der Waals surface area contributed by atoms with Gasteiger partial charge in [0.1, 0.15) is 11.9 Å². The van der Waals surface area contributed by atoms with Crippen LogP contribution in [0.4, 0.5) is 4.39 Å². The van der Waals surface area contributed by atoms with Crippen molar-refractivity contribution in [2.45, 2.75) is 57.0 Å². The minimum atomic E-state index is -1.06. The van der Waals surface area contributed by atoms with Crippen molar-refractivity contribution in [3.05, 3.63) is 36.2 Å². The number of rotatable bonds is 4. The number of phenolic OH excluding ortho intramolecular Hbond substituents is 1. The first-order chi connectivity index (χ1) is 14.6. The number of aromatic nitrogens is 6. The van der Waals surface area contributed by atoms with E-state index in [-0.39, 0.29) is 17.7 Å². The summed E-state index contributed by atoms with van der Waals surface area (Å²) in [6.07, 6.45) is 1.98. The summed E-state index contributed by atoms with van der Waals surface area (Å²) < 4.78 is 20.5. The molecule has 2 aliphatic rings. The van der Waals surface area contributed by atoms with Crippen molar-refractivity contribution < 1.29 is 14.2 Å². The first-order valence-electron chi connectivity index (χ1n) is 10.1. The molecule has 9 nitrogen and oxygen atoms in total. The van der Waals surface area contributed by atoms with Crippen molar-refractivity contribution in [1.29, 1.82) is 0 Å². The maximum absolute atomic E-state index is 14.7.